The largest absolute Gasteiger partial charge is 0.465 e. The van der Waals surface area contributed by atoms with Crippen LogP contribution in [0.2, 0.25) is 0 Å². The van der Waals surface area contributed by atoms with Crippen LogP contribution in [0.3, 0.4) is 0 Å². The minimum Gasteiger partial charge on any atom is -0.465 e. The minimum atomic E-state index is -0.298. The Kier molecular flexibility index (Phi) is 4.15. The van der Waals surface area contributed by atoms with E-state index in [1.165, 1.54) is 18.1 Å². The molecule has 1 aromatic heterocycles. The number of hydrogen-bond acceptors (Lipinski definition) is 3. The van der Waals surface area contributed by atoms with Crippen LogP contribution < -0.4 is 0 Å². The van der Waals surface area contributed by atoms with Gasteiger partial charge in [0.2, 0.25) is 0 Å². The van der Waals surface area contributed by atoms with Gasteiger partial charge in [-0.15, -0.1) is 0 Å². The first-order chi connectivity index (χ1) is 10.8. The van der Waals surface area contributed by atoms with Crippen LogP contribution in [0.1, 0.15) is 21.5 Å². The summed E-state index contributed by atoms with van der Waals surface area (Å²) in [7, 11) is 1.40. The molecule has 22 heavy (non-hydrogen) atoms. The molecule has 3 rings (SSSR count). The maximum Gasteiger partial charge on any atom is 0.337 e. The molecule has 0 aliphatic heterocycles. The number of benzene rings is 2. The lowest BCUT2D eigenvalue weighted by molar-refractivity contribution is 0.0600. The summed E-state index contributed by atoms with van der Waals surface area (Å²) in [5.41, 5.74) is 2.94. The second kappa shape index (κ2) is 6.39. The smallest absolute Gasteiger partial charge is 0.337 e. The molecule has 0 bridgehead atoms. The third kappa shape index (κ3) is 2.98. The Hall–Kier alpha value is -2.68. The number of aryl methyl sites for hydroxylation is 2. The zero-order chi connectivity index (χ0) is 15.4. The van der Waals surface area contributed by atoms with Gasteiger partial charge in [0.15, 0.2) is 0 Å². The predicted octanol–water partition coefficient (Wildman–Crippen LogP) is 3.81. The summed E-state index contributed by atoms with van der Waals surface area (Å²) in [4.78, 5) is 15.9. The molecule has 0 amide bonds. The molecule has 0 saturated carbocycles. The molecule has 0 N–H and O–H groups in total. The van der Waals surface area contributed by atoms with Crippen molar-refractivity contribution in [2.45, 2.75) is 12.8 Å². The van der Waals surface area contributed by atoms with E-state index in [1.807, 2.05) is 42.7 Å². The second-order valence-corrected chi connectivity index (χ2v) is 5.21. The molecular weight excluding hydrogens is 274 g/mol. The van der Waals surface area contributed by atoms with Crippen LogP contribution in [0.25, 0.3) is 10.8 Å². The van der Waals surface area contributed by atoms with Crippen molar-refractivity contribution in [3.8, 4) is 0 Å². The van der Waals surface area contributed by atoms with Crippen molar-refractivity contribution in [2.24, 2.45) is 0 Å². The first-order valence-electron chi connectivity index (χ1n) is 7.27. The highest BCUT2D eigenvalue weighted by Crippen LogP contribution is 2.19. The second-order valence-electron chi connectivity index (χ2n) is 5.21. The van der Waals surface area contributed by atoms with Gasteiger partial charge in [-0.05, 0) is 41.5 Å². The summed E-state index contributed by atoms with van der Waals surface area (Å²) in [5, 5.41) is 2.39. The van der Waals surface area contributed by atoms with Crippen molar-refractivity contribution in [1.29, 1.82) is 0 Å². The fourth-order valence-corrected chi connectivity index (χ4v) is 2.63. The number of esters is 1. The molecule has 0 saturated heterocycles. The summed E-state index contributed by atoms with van der Waals surface area (Å²) in [6.07, 6.45) is 5.56. The van der Waals surface area contributed by atoms with Crippen molar-refractivity contribution >= 4 is 16.7 Å². The molecule has 0 spiro atoms. The molecule has 0 unspecified atom stereocenters. The van der Waals surface area contributed by atoms with Gasteiger partial charge in [-0.2, -0.15) is 0 Å². The van der Waals surface area contributed by atoms with Crippen LogP contribution in [-0.2, 0) is 17.6 Å². The average Bonchev–Trinajstić information content (AvgIpc) is 2.59. The fraction of sp³-hybridized carbons (Fsp3) is 0.158. The highest BCUT2D eigenvalue weighted by Gasteiger charge is 2.06. The Morgan fingerprint density at radius 1 is 1.05 bits per heavy atom. The van der Waals surface area contributed by atoms with Gasteiger partial charge >= 0.3 is 5.97 Å². The van der Waals surface area contributed by atoms with E-state index in [0.29, 0.717) is 5.56 Å². The highest BCUT2D eigenvalue weighted by molar-refractivity contribution is 5.89. The zero-order valence-corrected chi connectivity index (χ0v) is 12.5. The molecule has 110 valence electrons. The normalized spacial score (nSPS) is 10.6. The van der Waals surface area contributed by atoms with E-state index < -0.39 is 0 Å². The Morgan fingerprint density at radius 2 is 1.91 bits per heavy atom. The fourth-order valence-electron chi connectivity index (χ4n) is 2.63. The number of fused-ring (bicyclic) bond motifs is 1. The lowest BCUT2D eigenvalue weighted by Crippen LogP contribution is -2.02. The van der Waals surface area contributed by atoms with Crippen molar-refractivity contribution in [3.63, 3.8) is 0 Å². The van der Waals surface area contributed by atoms with Crippen molar-refractivity contribution in [1.82, 2.24) is 4.98 Å². The number of pyridine rings is 1. The molecule has 3 aromatic rings. The summed E-state index contributed by atoms with van der Waals surface area (Å²) >= 11 is 0. The van der Waals surface area contributed by atoms with E-state index in [-0.39, 0.29) is 5.97 Å². The van der Waals surface area contributed by atoms with Crippen molar-refractivity contribution in [3.05, 3.63) is 77.6 Å². The molecule has 0 aliphatic rings. The van der Waals surface area contributed by atoms with Gasteiger partial charge in [0.1, 0.15) is 0 Å². The number of carbonyl (C=O) groups excluding carboxylic acids is 1. The van der Waals surface area contributed by atoms with E-state index in [2.05, 4.69) is 17.1 Å². The molecule has 3 heteroatoms. The van der Waals surface area contributed by atoms with Gasteiger partial charge in [-0.3, -0.25) is 4.98 Å². The van der Waals surface area contributed by atoms with Gasteiger partial charge in [0.25, 0.3) is 0 Å². The van der Waals surface area contributed by atoms with Crippen LogP contribution in [0.5, 0.6) is 0 Å². The first kappa shape index (κ1) is 14.3. The molecule has 0 radical (unpaired) electrons. The number of aromatic nitrogens is 1. The SMILES string of the molecule is COC(=O)c1cccc(CCc2cncc3ccccc23)c1. The monoisotopic (exact) mass is 291 g/mol. The predicted molar refractivity (Wildman–Crippen MR) is 86.9 cm³/mol. The minimum absolute atomic E-state index is 0.298. The quantitative estimate of drug-likeness (QED) is 0.686. The van der Waals surface area contributed by atoms with Crippen LogP contribution in [-0.4, -0.2) is 18.1 Å². The summed E-state index contributed by atoms with van der Waals surface area (Å²) in [6, 6.07) is 15.9. The standard InChI is InChI=1S/C19H17NO2/c1-22-19(21)15-7-4-5-14(11-15)9-10-17-13-20-12-16-6-2-3-8-18(16)17/h2-8,11-13H,9-10H2,1H3. The first-order valence-corrected chi connectivity index (χ1v) is 7.27. The van der Waals surface area contributed by atoms with E-state index in [1.54, 1.807) is 6.07 Å². The van der Waals surface area contributed by atoms with Crippen molar-refractivity contribution in [2.75, 3.05) is 7.11 Å². The van der Waals surface area contributed by atoms with Gasteiger partial charge < -0.3 is 4.74 Å². The highest BCUT2D eigenvalue weighted by atomic mass is 16.5. The number of ether oxygens (including phenoxy) is 1. The van der Waals surface area contributed by atoms with Gasteiger partial charge in [-0.1, -0.05) is 36.4 Å². The zero-order valence-electron chi connectivity index (χ0n) is 12.5. The third-order valence-corrected chi connectivity index (χ3v) is 3.78. The maximum absolute atomic E-state index is 11.6. The van der Waals surface area contributed by atoms with E-state index in [0.717, 1.165) is 23.8 Å². The van der Waals surface area contributed by atoms with Gasteiger partial charge in [-0.25, -0.2) is 4.79 Å². The molecule has 1 heterocycles. The summed E-state index contributed by atoms with van der Waals surface area (Å²) in [6.45, 7) is 0. The molecule has 3 nitrogen and oxygen atoms in total. The maximum atomic E-state index is 11.6. The lowest BCUT2D eigenvalue weighted by Gasteiger charge is -2.07. The van der Waals surface area contributed by atoms with Crippen LogP contribution in [0, 0.1) is 0 Å². The molecule has 2 aromatic carbocycles. The number of nitrogens with zero attached hydrogens (tertiary/aromatic N) is 1. The van der Waals surface area contributed by atoms with Crippen molar-refractivity contribution < 1.29 is 9.53 Å². The van der Waals surface area contributed by atoms with E-state index >= 15 is 0 Å². The molecule has 0 fully saturated rings. The lowest BCUT2D eigenvalue weighted by atomic mass is 10.00. The van der Waals surface area contributed by atoms with Gasteiger partial charge in [0, 0.05) is 17.8 Å². The molecule has 0 atom stereocenters. The van der Waals surface area contributed by atoms with Crippen LogP contribution in [0.15, 0.2) is 60.9 Å². The Bertz CT molecular complexity index is 806. The average molecular weight is 291 g/mol. The summed E-state index contributed by atoms with van der Waals surface area (Å²) < 4.78 is 4.76. The van der Waals surface area contributed by atoms with Crippen LogP contribution >= 0.6 is 0 Å². The topological polar surface area (TPSA) is 39.2 Å². The Morgan fingerprint density at radius 3 is 2.77 bits per heavy atom. The Labute approximate surface area is 129 Å². The molecular formula is C19H17NO2. The molecule has 0 aliphatic carbocycles. The summed E-state index contributed by atoms with van der Waals surface area (Å²) in [5.74, 6) is -0.298. The van der Waals surface area contributed by atoms with Crippen LogP contribution in [0.4, 0.5) is 0 Å². The number of carbonyl (C=O) groups is 1. The van der Waals surface area contributed by atoms with E-state index in [9.17, 15) is 4.79 Å². The third-order valence-electron chi connectivity index (χ3n) is 3.78. The Balaban J connectivity index is 1.81. The number of methoxy groups -OCH3 is 1. The number of hydrogen-bond donors (Lipinski definition) is 0. The van der Waals surface area contributed by atoms with E-state index in [4.69, 9.17) is 4.74 Å². The van der Waals surface area contributed by atoms with Gasteiger partial charge in [0.05, 0.1) is 12.7 Å². The number of rotatable bonds is 4.